The van der Waals surface area contributed by atoms with Gasteiger partial charge in [-0.2, -0.15) is 0 Å². The van der Waals surface area contributed by atoms with Crippen LogP contribution < -0.4 is 10.1 Å². The highest BCUT2D eigenvalue weighted by Gasteiger charge is 2.18. The fraction of sp³-hybridized carbons (Fsp3) is 0.389. The Labute approximate surface area is 127 Å². The predicted octanol–water partition coefficient (Wildman–Crippen LogP) is 3.88. The first-order valence-corrected chi connectivity index (χ1v) is 7.65. The SMILES string of the molecule is CCCOc1ccccc1C(NCC)c1cccc(C)n1. The van der Waals surface area contributed by atoms with Gasteiger partial charge in [0.1, 0.15) is 5.75 Å². The third-order valence-corrected chi connectivity index (χ3v) is 3.31. The molecule has 3 heteroatoms. The van der Waals surface area contributed by atoms with Gasteiger partial charge in [0.05, 0.1) is 18.3 Å². The highest BCUT2D eigenvalue weighted by Crippen LogP contribution is 2.29. The van der Waals surface area contributed by atoms with Gasteiger partial charge in [0, 0.05) is 11.3 Å². The van der Waals surface area contributed by atoms with Crippen molar-refractivity contribution in [3.05, 3.63) is 59.4 Å². The van der Waals surface area contributed by atoms with Crippen LogP contribution in [0.2, 0.25) is 0 Å². The first kappa shape index (κ1) is 15.5. The van der Waals surface area contributed by atoms with Crippen molar-refractivity contribution in [2.75, 3.05) is 13.2 Å². The van der Waals surface area contributed by atoms with E-state index in [-0.39, 0.29) is 6.04 Å². The first-order valence-electron chi connectivity index (χ1n) is 7.65. The number of nitrogens with zero attached hydrogens (tertiary/aromatic N) is 1. The second kappa shape index (κ2) is 7.79. The number of benzene rings is 1. The van der Waals surface area contributed by atoms with Crippen LogP contribution in [0.5, 0.6) is 5.75 Å². The summed E-state index contributed by atoms with van der Waals surface area (Å²) >= 11 is 0. The predicted molar refractivity (Wildman–Crippen MR) is 86.7 cm³/mol. The lowest BCUT2D eigenvalue weighted by Crippen LogP contribution is -2.23. The Hall–Kier alpha value is -1.87. The van der Waals surface area contributed by atoms with Gasteiger partial charge in [-0.1, -0.05) is 38.1 Å². The van der Waals surface area contributed by atoms with Gasteiger partial charge in [-0.05, 0) is 38.1 Å². The van der Waals surface area contributed by atoms with Crippen molar-refractivity contribution in [2.45, 2.75) is 33.2 Å². The molecule has 1 aromatic heterocycles. The molecule has 21 heavy (non-hydrogen) atoms. The van der Waals surface area contributed by atoms with Gasteiger partial charge in [0.2, 0.25) is 0 Å². The number of ether oxygens (including phenoxy) is 1. The van der Waals surface area contributed by atoms with Crippen LogP contribution in [0.4, 0.5) is 0 Å². The van der Waals surface area contributed by atoms with Crippen molar-refractivity contribution < 1.29 is 4.74 Å². The minimum absolute atomic E-state index is 0.0583. The van der Waals surface area contributed by atoms with Crippen molar-refractivity contribution >= 4 is 0 Å². The molecule has 0 saturated carbocycles. The van der Waals surface area contributed by atoms with E-state index in [0.717, 1.165) is 42.3 Å². The zero-order chi connectivity index (χ0) is 15.1. The summed E-state index contributed by atoms with van der Waals surface area (Å²) in [6, 6.07) is 14.4. The molecule has 0 amide bonds. The average molecular weight is 284 g/mol. The third kappa shape index (κ3) is 4.05. The Bertz CT molecular complexity index is 569. The Kier molecular flexibility index (Phi) is 5.76. The monoisotopic (exact) mass is 284 g/mol. The molecular weight excluding hydrogens is 260 g/mol. The number of rotatable bonds is 7. The number of hydrogen-bond acceptors (Lipinski definition) is 3. The molecule has 0 aliphatic carbocycles. The molecule has 3 nitrogen and oxygen atoms in total. The second-order valence-electron chi connectivity index (χ2n) is 5.08. The maximum atomic E-state index is 5.90. The lowest BCUT2D eigenvalue weighted by atomic mass is 10.0. The van der Waals surface area contributed by atoms with E-state index < -0.39 is 0 Å². The zero-order valence-electron chi connectivity index (χ0n) is 13.1. The van der Waals surface area contributed by atoms with Crippen LogP contribution in [0.15, 0.2) is 42.5 Å². The van der Waals surface area contributed by atoms with Crippen molar-refractivity contribution in [1.82, 2.24) is 10.3 Å². The van der Waals surface area contributed by atoms with E-state index >= 15 is 0 Å². The average Bonchev–Trinajstić information content (AvgIpc) is 2.51. The van der Waals surface area contributed by atoms with Crippen LogP contribution in [0.3, 0.4) is 0 Å². The van der Waals surface area contributed by atoms with E-state index in [1.54, 1.807) is 0 Å². The van der Waals surface area contributed by atoms with Crippen LogP contribution >= 0.6 is 0 Å². The van der Waals surface area contributed by atoms with Gasteiger partial charge in [-0.15, -0.1) is 0 Å². The molecule has 0 spiro atoms. The minimum Gasteiger partial charge on any atom is -0.493 e. The molecule has 1 unspecified atom stereocenters. The first-order chi connectivity index (χ1) is 10.3. The third-order valence-electron chi connectivity index (χ3n) is 3.31. The van der Waals surface area contributed by atoms with Crippen molar-refractivity contribution in [3.63, 3.8) is 0 Å². The maximum absolute atomic E-state index is 5.90. The number of aromatic nitrogens is 1. The van der Waals surface area contributed by atoms with Gasteiger partial charge in [-0.3, -0.25) is 4.98 Å². The van der Waals surface area contributed by atoms with E-state index in [9.17, 15) is 0 Å². The summed E-state index contributed by atoms with van der Waals surface area (Å²) in [6.07, 6.45) is 1.00. The lowest BCUT2D eigenvalue weighted by Gasteiger charge is -2.21. The standard InChI is InChI=1S/C18H24N2O/c1-4-13-21-17-12-7-6-10-15(17)18(19-5-2)16-11-8-9-14(3)20-16/h6-12,18-19H,4-5,13H2,1-3H3. The fourth-order valence-electron chi connectivity index (χ4n) is 2.37. The molecule has 1 atom stereocenters. The largest absolute Gasteiger partial charge is 0.493 e. The summed E-state index contributed by atoms with van der Waals surface area (Å²) in [5, 5.41) is 3.52. The zero-order valence-corrected chi connectivity index (χ0v) is 13.1. The quantitative estimate of drug-likeness (QED) is 0.838. The molecule has 1 aromatic carbocycles. The van der Waals surface area contributed by atoms with Gasteiger partial charge in [0.15, 0.2) is 0 Å². The summed E-state index contributed by atoms with van der Waals surface area (Å²) < 4.78 is 5.90. The van der Waals surface area contributed by atoms with Crippen molar-refractivity contribution in [1.29, 1.82) is 0 Å². The van der Waals surface area contributed by atoms with Crippen molar-refractivity contribution in [2.24, 2.45) is 0 Å². The lowest BCUT2D eigenvalue weighted by molar-refractivity contribution is 0.311. The summed E-state index contributed by atoms with van der Waals surface area (Å²) in [6.45, 7) is 7.86. The van der Waals surface area contributed by atoms with Gasteiger partial charge < -0.3 is 10.1 Å². The second-order valence-corrected chi connectivity index (χ2v) is 5.08. The molecule has 2 aromatic rings. The highest BCUT2D eigenvalue weighted by atomic mass is 16.5. The highest BCUT2D eigenvalue weighted by molar-refractivity contribution is 5.40. The van der Waals surface area contributed by atoms with E-state index in [4.69, 9.17) is 4.74 Å². The maximum Gasteiger partial charge on any atom is 0.124 e. The van der Waals surface area contributed by atoms with E-state index in [2.05, 4.69) is 42.3 Å². The Balaban J connectivity index is 2.38. The molecular formula is C18H24N2O. The van der Waals surface area contributed by atoms with E-state index in [1.807, 2.05) is 31.2 Å². The number of hydrogen-bond donors (Lipinski definition) is 1. The van der Waals surface area contributed by atoms with Crippen LogP contribution in [-0.4, -0.2) is 18.1 Å². The molecule has 0 fully saturated rings. The number of pyridine rings is 1. The smallest absolute Gasteiger partial charge is 0.124 e. The molecule has 0 aliphatic rings. The Morgan fingerprint density at radius 1 is 1.10 bits per heavy atom. The van der Waals surface area contributed by atoms with Crippen LogP contribution in [0, 0.1) is 6.92 Å². The van der Waals surface area contributed by atoms with Crippen LogP contribution in [-0.2, 0) is 0 Å². The number of para-hydroxylation sites is 1. The number of aryl methyl sites for hydroxylation is 1. The van der Waals surface area contributed by atoms with Gasteiger partial charge in [0.25, 0.3) is 0 Å². The molecule has 1 heterocycles. The normalized spacial score (nSPS) is 12.1. The Morgan fingerprint density at radius 3 is 2.62 bits per heavy atom. The Morgan fingerprint density at radius 2 is 1.90 bits per heavy atom. The molecule has 0 aliphatic heterocycles. The molecule has 0 bridgehead atoms. The summed E-state index contributed by atoms with van der Waals surface area (Å²) in [4.78, 5) is 4.67. The molecule has 0 radical (unpaired) electrons. The van der Waals surface area contributed by atoms with Crippen LogP contribution in [0.1, 0.15) is 43.3 Å². The van der Waals surface area contributed by atoms with Crippen LogP contribution in [0.25, 0.3) is 0 Å². The number of nitrogens with one attached hydrogen (secondary N) is 1. The van der Waals surface area contributed by atoms with Gasteiger partial charge in [-0.25, -0.2) is 0 Å². The molecule has 0 saturated heterocycles. The summed E-state index contributed by atoms with van der Waals surface area (Å²) in [5.74, 6) is 0.939. The minimum atomic E-state index is 0.0583. The van der Waals surface area contributed by atoms with E-state index in [0.29, 0.717) is 0 Å². The molecule has 1 N–H and O–H groups in total. The molecule has 2 rings (SSSR count). The summed E-state index contributed by atoms with van der Waals surface area (Å²) in [5.41, 5.74) is 3.21. The molecule has 112 valence electrons. The van der Waals surface area contributed by atoms with Crippen molar-refractivity contribution in [3.8, 4) is 5.75 Å². The van der Waals surface area contributed by atoms with Gasteiger partial charge >= 0.3 is 0 Å². The topological polar surface area (TPSA) is 34.1 Å². The fourth-order valence-corrected chi connectivity index (χ4v) is 2.37. The van der Waals surface area contributed by atoms with E-state index in [1.165, 1.54) is 0 Å². The summed E-state index contributed by atoms with van der Waals surface area (Å²) in [7, 11) is 0.